The molecule has 12 atom stereocenters. The predicted molar refractivity (Wildman–Crippen MR) is 320 cm³/mol. The molecule has 0 aromatic rings. The third kappa shape index (κ3) is 21.3. The molecule has 11 amide bonds. The maximum atomic E-state index is 15.1. The summed E-state index contributed by atoms with van der Waals surface area (Å²) in [5.74, 6) is -10.4. The van der Waals surface area contributed by atoms with E-state index in [0.717, 1.165) is 4.90 Å². The van der Waals surface area contributed by atoms with Crippen LogP contribution in [-0.2, 0) is 52.7 Å². The number of aliphatic hydroxyl groups is 2. The smallest absolute Gasteiger partial charge is 0.246 e. The van der Waals surface area contributed by atoms with E-state index in [4.69, 9.17) is 0 Å². The summed E-state index contributed by atoms with van der Waals surface area (Å²) in [7, 11) is 9.90. The first-order chi connectivity index (χ1) is 38.5. The van der Waals surface area contributed by atoms with Gasteiger partial charge in [-0.2, -0.15) is 0 Å². The first-order valence-electron chi connectivity index (χ1n) is 29.9. The van der Waals surface area contributed by atoms with Crippen LogP contribution in [0.1, 0.15) is 150 Å². The van der Waals surface area contributed by atoms with Crippen LogP contribution in [0.15, 0.2) is 0 Å². The first-order valence-corrected chi connectivity index (χ1v) is 29.9. The Morgan fingerprint density at radius 3 is 1.20 bits per heavy atom. The molecule has 84 heavy (non-hydrogen) atoms. The highest BCUT2D eigenvalue weighted by Gasteiger charge is 2.45. The second kappa shape index (κ2) is 33.7. The molecule has 0 bridgehead atoms. The van der Waals surface area contributed by atoms with E-state index in [9.17, 15) is 53.4 Å². The number of rotatable bonds is 14. The van der Waals surface area contributed by atoms with Gasteiger partial charge in [-0.05, 0) is 93.8 Å². The Kier molecular flexibility index (Phi) is 30.5. The van der Waals surface area contributed by atoms with Gasteiger partial charge in [-0.1, -0.05) is 96.9 Å². The summed E-state index contributed by atoms with van der Waals surface area (Å²) in [6, 6.07) is -12.1. The van der Waals surface area contributed by atoms with Gasteiger partial charge in [0.15, 0.2) is 6.29 Å². The quantitative estimate of drug-likeness (QED) is 0.136. The number of aliphatic hydroxyl groups excluding tert-OH is 1. The molecule has 1 heterocycles. The third-order valence-corrected chi connectivity index (χ3v) is 16.1. The highest BCUT2D eigenvalue weighted by Crippen LogP contribution is 2.28. The third-order valence-electron chi connectivity index (χ3n) is 16.1. The van der Waals surface area contributed by atoms with E-state index in [0.29, 0.717) is 0 Å². The van der Waals surface area contributed by atoms with Gasteiger partial charge in [0, 0.05) is 55.8 Å². The topological polar surface area (TPSA) is 299 Å². The van der Waals surface area contributed by atoms with Crippen molar-refractivity contribution in [2.75, 3.05) is 55.9 Å². The number of likely N-dealkylation sites (N-methyl/N-ethyl adjacent to an activating group) is 7. The minimum atomic E-state index is -1.77. The van der Waals surface area contributed by atoms with Crippen molar-refractivity contribution in [3.05, 3.63) is 0 Å². The predicted octanol–water partition coefficient (Wildman–Crippen LogP) is 1.89. The molecule has 24 nitrogen and oxygen atoms in total. The summed E-state index contributed by atoms with van der Waals surface area (Å²) in [5.41, 5.74) is 0. The second-order valence-corrected chi connectivity index (χ2v) is 26.1. The number of carbonyl (C=O) groups excluding carboxylic acids is 11. The van der Waals surface area contributed by atoms with Crippen LogP contribution >= 0.6 is 0 Å². The van der Waals surface area contributed by atoms with Gasteiger partial charge in [-0.3, -0.25) is 52.7 Å². The molecule has 1 aliphatic heterocycles. The van der Waals surface area contributed by atoms with Crippen LogP contribution in [0.4, 0.5) is 0 Å². The summed E-state index contributed by atoms with van der Waals surface area (Å²) in [5, 5.41) is 31.0. The Labute approximate surface area is 501 Å². The monoisotopic (exact) mass is 1190 g/mol. The van der Waals surface area contributed by atoms with E-state index >= 15 is 9.59 Å². The molecule has 0 saturated carbocycles. The molecule has 1 fully saturated rings. The van der Waals surface area contributed by atoms with Gasteiger partial charge < -0.3 is 65.8 Å². The van der Waals surface area contributed by atoms with Crippen molar-refractivity contribution in [3.8, 4) is 0 Å². The van der Waals surface area contributed by atoms with Gasteiger partial charge in [0.05, 0.1) is 6.54 Å². The highest BCUT2D eigenvalue weighted by molar-refractivity contribution is 5.99. The van der Waals surface area contributed by atoms with Gasteiger partial charge in [-0.15, -0.1) is 0 Å². The molecule has 6 N–H and O–H groups in total. The molecule has 1 aliphatic rings. The zero-order valence-corrected chi connectivity index (χ0v) is 55.2. The van der Waals surface area contributed by atoms with Crippen LogP contribution in [0.25, 0.3) is 0 Å². The summed E-state index contributed by atoms with van der Waals surface area (Å²) in [6.45, 7) is 28.8. The molecule has 0 aliphatic carbocycles. The second-order valence-electron chi connectivity index (χ2n) is 26.1. The summed E-state index contributed by atoms with van der Waals surface area (Å²) >= 11 is 0. The Hall–Kier alpha value is -5.91. The Morgan fingerprint density at radius 1 is 0.393 bits per heavy atom. The first kappa shape index (κ1) is 76.1. The van der Waals surface area contributed by atoms with Crippen LogP contribution in [0.2, 0.25) is 0 Å². The Balaban J connectivity index is 4.28. The van der Waals surface area contributed by atoms with Crippen LogP contribution in [0.5, 0.6) is 0 Å². The minimum absolute atomic E-state index is 0.133. The van der Waals surface area contributed by atoms with Crippen molar-refractivity contribution in [2.24, 2.45) is 47.3 Å². The molecule has 0 aromatic carbocycles. The fourth-order valence-corrected chi connectivity index (χ4v) is 10.8. The van der Waals surface area contributed by atoms with Gasteiger partial charge in [-0.25, -0.2) is 0 Å². The number of nitrogens with zero attached hydrogens (tertiary/aromatic N) is 7. The van der Waals surface area contributed by atoms with Crippen molar-refractivity contribution in [3.63, 3.8) is 0 Å². The lowest BCUT2D eigenvalue weighted by Crippen LogP contribution is -2.62. The standard InChI is InChI=1S/C60H109N11O13/c1-31(2)25-42-53(77)64-48(35(9)10)59(83)67(20)43(26-32(3)4)52(76)61-39(15)51(75)62-41(17)56(80)68(21)44(27-33(5)6)57(81)69(22)45(28-34(7)8)58(82)70(23)49(36(11)12)60(84)71(24)50(38(14)37(13)29-47(73)74)54(78)63-40(16)55(79)65(18)30-46(72)66(42)19/h31-45,47-50,73-74H,25-30H2,1-24H3,(H,61,76)(H,62,75)(H,63,78)(H,64,77)/t37-,38-,39+,40+,41-,42+,43+,44+,45+,48+,49+,50+/m1/s1. The van der Waals surface area contributed by atoms with Gasteiger partial charge in [0.1, 0.15) is 60.4 Å². The normalized spacial score (nSPS) is 27.1. The van der Waals surface area contributed by atoms with Crippen molar-refractivity contribution < 1.29 is 63.0 Å². The van der Waals surface area contributed by atoms with Crippen LogP contribution in [-0.4, -0.2) is 232 Å². The number of hydrogen-bond donors (Lipinski definition) is 6. The summed E-state index contributed by atoms with van der Waals surface area (Å²) in [6.07, 6.45) is -1.35. The largest absolute Gasteiger partial charge is 0.368 e. The fourth-order valence-electron chi connectivity index (χ4n) is 10.8. The fraction of sp³-hybridized carbons (Fsp3) is 0.817. The van der Waals surface area contributed by atoms with Gasteiger partial charge in [0.25, 0.3) is 0 Å². The summed E-state index contributed by atoms with van der Waals surface area (Å²) < 4.78 is 0. The van der Waals surface area contributed by atoms with Crippen LogP contribution < -0.4 is 21.3 Å². The molecule has 0 unspecified atom stereocenters. The lowest BCUT2D eigenvalue weighted by atomic mass is 9.84. The molecule has 24 heteroatoms. The molecular formula is C60H109N11O13. The number of carbonyl (C=O) groups is 11. The molecular weight excluding hydrogens is 1080 g/mol. The van der Waals surface area contributed by atoms with Crippen LogP contribution in [0, 0.1) is 47.3 Å². The number of amides is 11. The summed E-state index contributed by atoms with van der Waals surface area (Å²) in [4.78, 5) is 168. The zero-order chi connectivity index (χ0) is 65.4. The van der Waals surface area contributed by atoms with Crippen molar-refractivity contribution in [1.29, 1.82) is 0 Å². The lowest BCUT2D eigenvalue weighted by molar-refractivity contribution is -0.156. The molecule has 0 spiro atoms. The van der Waals surface area contributed by atoms with E-state index in [-0.39, 0.29) is 55.8 Å². The zero-order valence-electron chi connectivity index (χ0n) is 55.2. The van der Waals surface area contributed by atoms with Crippen molar-refractivity contribution >= 4 is 65.0 Å². The highest BCUT2D eigenvalue weighted by atomic mass is 16.5. The van der Waals surface area contributed by atoms with E-state index < -0.39 is 162 Å². The Morgan fingerprint density at radius 2 is 0.762 bits per heavy atom. The SMILES string of the molecule is CC(C)C[C@H]1C(=O)N[C@@H](C(C)C)C(=O)N(C)[C@@H](CC(C)C)C(=O)N[C@@H](C)C(=O)N[C@H](C)C(=O)N(C)[C@@H](CC(C)C)C(=O)N(C)[C@@H](CC(C)C)C(=O)N(C)[C@@H](C(C)C)C(=O)N(C)[C@@H]([C@H](C)[C@H](C)CC(O)O)C(=O)N[C@@H](C)C(=O)N(C)CC(=O)N1C. The van der Waals surface area contributed by atoms with E-state index in [1.165, 1.54) is 99.5 Å². The molecule has 482 valence electrons. The van der Waals surface area contributed by atoms with Crippen LogP contribution in [0.3, 0.4) is 0 Å². The average Bonchev–Trinajstić information content (AvgIpc) is 3.54. The lowest BCUT2D eigenvalue weighted by Gasteiger charge is -2.42. The maximum Gasteiger partial charge on any atom is 0.246 e. The van der Waals surface area contributed by atoms with E-state index in [1.807, 2.05) is 55.4 Å². The average molecular weight is 1190 g/mol. The van der Waals surface area contributed by atoms with E-state index in [1.54, 1.807) is 41.5 Å². The molecule has 0 radical (unpaired) electrons. The van der Waals surface area contributed by atoms with E-state index in [2.05, 4.69) is 21.3 Å². The molecule has 1 saturated heterocycles. The van der Waals surface area contributed by atoms with Crippen molar-refractivity contribution in [2.45, 2.75) is 217 Å². The maximum absolute atomic E-state index is 15.1. The van der Waals surface area contributed by atoms with Gasteiger partial charge >= 0.3 is 0 Å². The number of hydrogen-bond acceptors (Lipinski definition) is 13. The molecule has 0 aromatic heterocycles. The van der Waals surface area contributed by atoms with Gasteiger partial charge in [0.2, 0.25) is 65.0 Å². The van der Waals surface area contributed by atoms with Crippen molar-refractivity contribution in [1.82, 2.24) is 55.6 Å². The number of nitrogens with one attached hydrogen (secondary N) is 4. The minimum Gasteiger partial charge on any atom is -0.368 e. The Bertz CT molecular complexity index is 2280. The molecule has 1 rings (SSSR count).